The molecule has 0 N–H and O–H groups in total. The Hall–Kier alpha value is -7.17. The maximum absolute atomic E-state index is 4.37. The van der Waals surface area contributed by atoms with Gasteiger partial charge in [-0.2, -0.15) is 0 Å². The summed E-state index contributed by atoms with van der Waals surface area (Å²) in [5.41, 5.74) is 16.2. The average Bonchev–Trinajstić information content (AvgIpc) is 3.71. The third-order valence-corrected chi connectivity index (χ3v) is 10.7. The van der Waals surface area contributed by atoms with Gasteiger partial charge in [0.15, 0.2) is 0 Å². The lowest BCUT2D eigenvalue weighted by atomic mass is 9.98. The van der Waals surface area contributed by atoms with E-state index in [4.69, 9.17) is 0 Å². The van der Waals surface area contributed by atoms with Crippen LogP contribution in [-0.2, 0) is 0 Å². The zero-order valence-electron chi connectivity index (χ0n) is 28.8. The molecular formula is C49H32N4. The normalized spacial score (nSPS) is 12.1. The van der Waals surface area contributed by atoms with Crippen molar-refractivity contribution in [3.63, 3.8) is 0 Å². The van der Waals surface area contributed by atoms with Crippen LogP contribution < -0.4 is 4.90 Å². The SMILES string of the molecule is c1ccc(-n2c3c(c4ccccc42)-c2ccccc2N(c2cc(-c4ccncc4)cc(-n4c5ccccc5c5ccccc54)c2)c2ccccc2-3)cc1. The minimum atomic E-state index is 1.08. The van der Waals surface area contributed by atoms with E-state index in [0.29, 0.717) is 0 Å². The van der Waals surface area contributed by atoms with Crippen molar-refractivity contribution in [2.24, 2.45) is 0 Å². The lowest BCUT2D eigenvalue weighted by Crippen LogP contribution is -2.12. The van der Waals surface area contributed by atoms with Crippen LogP contribution in [-0.4, -0.2) is 14.1 Å². The molecule has 0 aliphatic carbocycles. The number of nitrogens with zero attached hydrogens (tertiary/aromatic N) is 4. The van der Waals surface area contributed by atoms with E-state index in [9.17, 15) is 0 Å². The first-order valence-corrected chi connectivity index (χ1v) is 18.1. The van der Waals surface area contributed by atoms with E-state index in [1.54, 1.807) is 0 Å². The van der Waals surface area contributed by atoms with Gasteiger partial charge in [-0.3, -0.25) is 4.98 Å². The van der Waals surface area contributed by atoms with Crippen molar-refractivity contribution in [3.05, 3.63) is 194 Å². The van der Waals surface area contributed by atoms with E-state index in [1.807, 2.05) is 12.4 Å². The molecule has 248 valence electrons. The molecule has 4 heterocycles. The number of rotatable bonds is 4. The monoisotopic (exact) mass is 676 g/mol. The summed E-state index contributed by atoms with van der Waals surface area (Å²) in [6.45, 7) is 0. The Morgan fingerprint density at radius 2 is 0.887 bits per heavy atom. The first-order valence-electron chi connectivity index (χ1n) is 18.1. The van der Waals surface area contributed by atoms with Crippen molar-refractivity contribution in [2.75, 3.05) is 4.90 Å². The van der Waals surface area contributed by atoms with Crippen LogP contribution in [0.15, 0.2) is 194 Å². The average molecular weight is 677 g/mol. The lowest BCUT2D eigenvalue weighted by molar-refractivity contribution is 1.13. The number of hydrogen-bond acceptors (Lipinski definition) is 2. The Morgan fingerprint density at radius 1 is 0.358 bits per heavy atom. The lowest BCUT2D eigenvalue weighted by Gasteiger charge is -2.29. The van der Waals surface area contributed by atoms with Crippen molar-refractivity contribution in [1.29, 1.82) is 0 Å². The number of pyridine rings is 1. The summed E-state index contributed by atoms with van der Waals surface area (Å²) in [7, 11) is 0. The van der Waals surface area contributed by atoms with Crippen LogP contribution in [0.2, 0.25) is 0 Å². The van der Waals surface area contributed by atoms with Gasteiger partial charge in [0.1, 0.15) is 0 Å². The van der Waals surface area contributed by atoms with E-state index in [1.165, 1.54) is 55.1 Å². The molecule has 4 heteroatoms. The highest BCUT2D eigenvalue weighted by molar-refractivity contribution is 6.13. The number of hydrogen-bond donors (Lipinski definition) is 0. The fourth-order valence-corrected chi connectivity index (χ4v) is 8.53. The van der Waals surface area contributed by atoms with E-state index in [0.717, 1.165) is 39.6 Å². The molecule has 0 amide bonds. The summed E-state index contributed by atoms with van der Waals surface area (Å²) in [5.74, 6) is 0. The predicted octanol–water partition coefficient (Wildman–Crippen LogP) is 12.9. The minimum absolute atomic E-state index is 1.08. The maximum Gasteiger partial charge on any atom is 0.0641 e. The smallest absolute Gasteiger partial charge is 0.0641 e. The van der Waals surface area contributed by atoms with Gasteiger partial charge in [0.05, 0.1) is 33.6 Å². The van der Waals surface area contributed by atoms with Crippen LogP contribution in [0.1, 0.15) is 0 Å². The van der Waals surface area contributed by atoms with Gasteiger partial charge in [-0.1, -0.05) is 109 Å². The van der Waals surface area contributed by atoms with Crippen molar-refractivity contribution in [3.8, 4) is 44.9 Å². The molecule has 53 heavy (non-hydrogen) atoms. The maximum atomic E-state index is 4.37. The quantitative estimate of drug-likeness (QED) is 0.185. The first-order chi connectivity index (χ1) is 26.3. The Balaban J connectivity index is 1.25. The van der Waals surface area contributed by atoms with Gasteiger partial charge in [0.2, 0.25) is 0 Å². The largest absolute Gasteiger partial charge is 0.309 e. The third-order valence-electron chi connectivity index (χ3n) is 10.7. The van der Waals surface area contributed by atoms with Crippen molar-refractivity contribution in [1.82, 2.24) is 14.1 Å². The first kappa shape index (κ1) is 29.5. The van der Waals surface area contributed by atoms with E-state index in [2.05, 4.69) is 201 Å². The summed E-state index contributed by atoms with van der Waals surface area (Å²) >= 11 is 0. The molecule has 7 aromatic carbocycles. The molecule has 0 atom stereocenters. The Morgan fingerprint density at radius 3 is 1.58 bits per heavy atom. The summed E-state index contributed by atoms with van der Waals surface area (Å²) in [4.78, 5) is 6.84. The van der Waals surface area contributed by atoms with Crippen LogP contribution in [0.4, 0.5) is 17.1 Å². The van der Waals surface area contributed by atoms with Crippen LogP contribution >= 0.6 is 0 Å². The Labute approximate surface area is 307 Å². The van der Waals surface area contributed by atoms with E-state index in [-0.39, 0.29) is 0 Å². The van der Waals surface area contributed by atoms with Crippen LogP contribution in [0.5, 0.6) is 0 Å². The number of benzene rings is 7. The summed E-state index contributed by atoms with van der Waals surface area (Å²) in [6.07, 6.45) is 3.76. The number of aromatic nitrogens is 3. The number of anilines is 3. The molecule has 0 bridgehead atoms. The molecule has 0 unspecified atom stereocenters. The second kappa shape index (κ2) is 11.7. The Bertz CT molecular complexity index is 2950. The summed E-state index contributed by atoms with van der Waals surface area (Å²) < 4.78 is 4.86. The molecule has 0 fully saturated rings. The zero-order valence-corrected chi connectivity index (χ0v) is 28.8. The van der Waals surface area contributed by atoms with Gasteiger partial charge in [-0.15, -0.1) is 0 Å². The van der Waals surface area contributed by atoms with E-state index >= 15 is 0 Å². The molecule has 0 saturated carbocycles. The van der Waals surface area contributed by atoms with Gasteiger partial charge in [-0.05, 0) is 83.9 Å². The fourth-order valence-electron chi connectivity index (χ4n) is 8.53. The molecular weight excluding hydrogens is 645 g/mol. The molecule has 0 radical (unpaired) electrons. The second-order valence-electron chi connectivity index (χ2n) is 13.6. The van der Waals surface area contributed by atoms with Crippen molar-refractivity contribution < 1.29 is 0 Å². The predicted molar refractivity (Wildman–Crippen MR) is 220 cm³/mol. The highest BCUT2D eigenvalue weighted by Crippen LogP contribution is 2.54. The van der Waals surface area contributed by atoms with Crippen molar-refractivity contribution in [2.45, 2.75) is 0 Å². The zero-order chi connectivity index (χ0) is 34.9. The molecule has 3 aromatic heterocycles. The van der Waals surface area contributed by atoms with Gasteiger partial charge in [0, 0.05) is 62.3 Å². The highest BCUT2D eigenvalue weighted by atomic mass is 15.2. The molecule has 11 rings (SSSR count). The number of fused-ring (bicyclic) bond motifs is 10. The molecule has 1 aliphatic heterocycles. The highest BCUT2D eigenvalue weighted by Gasteiger charge is 2.31. The summed E-state index contributed by atoms with van der Waals surface area (Å²) in [5, 5.41) is 3.71. The molecule has 10 aromatic rings. The van der Waals surface area contributed by atoms with E-state index < -0.39 is 0 Å². The van der Waals surface area contributed by atoms with Crippen LogP contribution in [0.3, 0.4) is 0 Å². The molecule has 0 spiro atoms. The Kier molecular flexibility index (Phi) is 6.52. The van der Waals surface area contributed by atoms with Crippen LogP contribution in [0.25, 0.3) is 77.6 Å². The third kappa shape index (κ3) is 4.46. The molecule has 0 saturated heterocycles. The van der Waals surface area contributed by atoms with Crippen molar-refractivity contribution >= 4 is 49.8 Å². The standard InChI is InChI=1S/C49H32N4/c1-2-14-35(15-3-1)53-46-24-12-7-19-41(46)48-40-18-6-11-23-45(40)52(47-25-13-8-20-42(47)49(48)53)37-31-34(33-26-28-50-29-27-33)30-36(32-37)51-43-21-9-4-16-38(43)39-17-5-10-22-44(39)51/h1-32H. The van der Waals surface area contributed by atoms with Gasteiger partial charge < -0.3 is 14.0 Å². The fraction of sp³-hybridized carbons (Fsp3) is 0. The van der Waals surface area contributed by atoms with Gasteiger partial charge >= 0.3 is 0 Å². The number of para-hydroxylation sites is 6. The summed E-state index contributed by atoms with van der Waals surface area (Å²) in [6, 6.07) is 66.0. The molecule has 1 aliphatic rings. The molecule has 4 nitrogen and oxygen atoms in total. The second-order valence-corrected chi connectivity index (χ2v) is 13.6. The minimum Gasteiger partial charge on any atom is -0.309 e. The van der Waals surface area contributed by atoms with Gasteiger partial charge in [0.25, 0.3) is 0 Å². The van der Waals surface area contributed by atoms with Gasteiger partial charge in [-0.25, -0.2) is 0 Å². The van der Waals surface area contributed by atoms with Crippen LogP contribution in [0, 0.1) is 0 Å². The topological polar surface area (TPSA) is 26.0 Å².